The van der Waals surface area contributed by atoms with E-state index >= 15 is 0 Å². The highest BCUT2D eigenvalue weighted by Crippen LogP contribution is 2.12. The van der Waals surface area contributed by atoms with Gasteiger partial charge in [0, 0.05) is 17.8 Å². The van der Waals surface area contributed by atoms with Gasteiger partial charge in [-0.15, -0.1) is 0 Å². The van der Waals surface area contributed by atoms with Crippen molar-refractivity contribution in [1.29, 1.82) is 0 Å². The van der Waals surface area contributed by atoms with Crippen molar-refractivity contribution in [2.75, 3.05) is 23.8 Å². The molecular formula is C25H30N2O6. The summed E-state index contributed by atoms with van der Waals surface area (Å²) in [5.41, 5.74) is 2.57. The van der Waals surface area contributed by atoms with Gasteiger partial charge in [-0.25, -0.2) is 4.79 Å². The number of rotatable bonds is 12. The van der Waals surface area contributed by atoms with E-state index in [1.54, 1.807) is 36.4 Å². The van der Waals surface area contributed by atoms with Crippen molar-refractivity contribution < 1.29 is 28.7 Å². The second-order valence-corrected chi connectivity index (χ2v) is 7.54. The van der Waals surface area contributed by atoms with E-state index in [2.05, 4.69) is 17.6 Å². The number of anilines is 2. The molecule has 2 rings (SSSR count). The fourth-order valence-electron chi connectivity index (χ4n) is 2.78. The van der Waals surface area contributed by atoms with Gasteiger partial charge in [0.25, 0.3) is 5.91 Å². The van der Waals surface area contributed by atoms with Crippen molar-refractivity contribution in [3.63, 3.8) is 0 Å². The Morgan fingerprint density at radius 2 is 1.36 bits per heavy atom. The molecule has 0 saturated carbocycles. The smallest absolute Gasteiger partial charge is 0.338 e. The summed E-state index contributed by atoms with van der Waals surface area (Å²) in [5.74, 6) is -1.89. The number of nitrogens with one attached hydrogen (secondary N) is 2. The lowest BCUT2D eigenvalue weighted by Gasteiger charge is -2.08. The Labute approximate surface area is 193 Å². The minimum absolute atomic E-state index is 0.0976. The van der Waals surface area contributed by atoms with Crippen LogP contribution in [0.3, 0.4) is 0 Å². The molecule has 2 N–H and O–H groups in total. The van der Waals surface area contributed by atoms with Crippen LogP contribution >= 0.6 is 0 Å². The first kappa shape index (κ1) is 25.6. The molecule has 0 aliphatic rings. The predicted molar refractivity (Wildman–Crippen MR) is 125 cm³/mol. The lowest BCUT2D eigenvalue weighted by atomic mass is 10.2. The molecule has 0 saturated heterocycles. The van der Waals surface area contributed by atoms with Gasteiger partial charge < -0.3 is 20.1 Å². The summed E-state index contributed by atoms with van der Waals surface area (Å²) in [6.45, 7) is 3.97. The van der Waals surface area contributed by atoms with E-state index in [1.165, 1.54) is 0 Å². The van der Waals surface area contributed by atoms with Crippen molar-refractivity contribution >= 4 is 35.1 Å². The van der Waals surface area contributed by atoms with E-state index in [4.69, 9.17) is 9.47 Å². The van der Waals surface area contributed by atoms with Crippen LogP contribution in [0.5, 0.6) is 0 Å². The zero-order valence-corrected chi connectivity index (χ0v) is 19.0. The minimum Gasteiger partial charge on any atom is -0.462 e. The van der Waals surface area contributed by atoms with E-state index in [0.717, 1.165) is 24.8 Å². The maximum absolute atomic E-state index is 12.1. The third kappa shape index (κ3) is 9.99. The highest BCUT2D eigenvalue weighted by molar-refractivity contribution is 5.95. The van der Waals surface area contributed by atoms with Gasteiger partial charge in [-0.2, -0.15) is 0 Å². The summed E-state index contributed by atoms with van der Waals surface area (Å²) in [7, 11) is 0. The van der Waals surface area contributed by atoms with Crippen LogP contribution in [-0.4, -0.2) is 37.0 Å². The van der Waals surface area contributed by atoms with E-state index in [9.17, 15) is 19.2 Å². The molecular weight excluding hydrogens is 424 g/mol. The SMILES string of the molecule is CCCCCOC(=O)c1ccc(NC(=O)CCC(=O)OCC(=O)Nc2ccc(C)cc2)cc1. The highest BCUT2D eigenvalue weighted by atomic mass is 16.5. The van der Waals surface area contributed by atoms with Crippen molar-refractivity contribution in [1.82, 2.24) is 0 Å². The number of hydrogen-bond donors (Lipinski definition) is 2. The molecule has 0 spiro atoms. The third-order valence-electron chi connectivity index (χ3n) is 4.64. The molecule has 0 aromatic heterocycles. The number of unbranched alkanes of at least 4 members (excludes halogenated alkanes) is 2. The van der Waals surface area contributed by atoms with Crippen molar-refractivity contribution in [3.05, 3.63) is 59.7 Å². The molecule has 0 heterocycles. The maximum atomic E-state index is 12.1. The van der Waals surface area contributed by atoms with Crippen LogP contribution in [0.4, 0.5) is 11.4 Å². The van der Waals surface area contributed by atoms with Crippen LogP contribution in [0.25, 0.3) is 0 Å². The van der Waals surface area contributed by atoms with E-state index in [0.29, 0.717) is 23.5 Å². The van der Waals surface area contributed by atoms with Gasteiger partial charge in [0.15, 0.2) is 6.61 Å². The van der Waals surface area contributed by atoms with Crippen molar-refractivity contribution in [2.45, 2.75) is 46.0 Å². The molecule has 2 amide bonds. The van der Waals surface area contributed by atoms with Crippen LogP contribution in [-0.2, 0) is 23.9 Å². The molecule has 0 radical (unpaired) electrons. The fraction of sp³-hybridized carbons (Fsp3) is 0.360. The summed E-state index contributed by atoms with van der Waals surface area (Å²) in [4.78, 5) is 47.7. The maximum Gasteiger partial charge on any atom is 0.338 e. The summed E-state index contributed by atoms with van der Waals surface area (Å²) in [5, 5.41) is 5.27. The first-order valence-corrected chi connectivity index (χ1v) is 11.0. The fourth-order valence-corrected chi connectivity index (χ4v) is 2.78. The molecule has 0 unspecified atom stereocenters. The first-order chi connectivity index (χ1) is 15.9. The highest BCUT2D eigenvalue weighted by Gasteiger charge is 2.12. The molecule has 0 atom stereocenters. The number of hydrogen-bond acceptors (Lipinski definition) is 6. The van der Waals surface area contributed by atoms with Crippen LogP contribution in [0, 0.1) is 6.92 Å². The standard InChI is InChI=1S/C25H30N2O6/c1-3-4-5-16-32-25(31)19-8-12-21(13-9-19)26-22(28)14-15-24(30)33-17-23(29)27-20-10-6-18(2)7-11-20/h6-13H,3-5,14-17H2,1-2H3,(H,26,28)(H,27,29). The molecule has 8 nitrogen and oxygen atoms in total. The first-order valence-electron chi connectivity index (χ1n) is 11.0. The molecule has 2 aromatic carbocycles. The van der Waals surface area contributed by atoms with Gasteiger partial charge in [0.1, 0.15) is 0 Å². The Hall–Kier alpha value is -3.68. The van der Waals surface area contributed by atoms with E-state index in [-0.39, 0.29) is 18.7 Å². The monoisotopic (exact) mass is 454 g/mol. The van der Waals surface area contributed by atoms with Crippen molar-refractivity contribution in [3.8, 4) is 0 Å². The number of esters is 2. The number of amides is 2. The van der Waals surface area contributed by atoms with Crippen LogP contribution < -0.4 is 10.6 Å². The Morgan fingerprint density at radius 3 is 2.00 bits per heavy atom. The molecule has 33 heavy (non-hydrogen) atoms. The van der Waals surface area contributed by atoms with E-state index < -0.39 is 24.5 Å². The minimum atomic E-state index is -0.648. The quantitative estimate of drug-likeness (QED) is 0.367. The van der Waals surface area contributed by atoms with Gasteiger partial charge in [0.05, 0.1) is 18.6 Å². The molecule has 0 aliphatic heterocycles. The van der Waals surface area contributed by atoms with Gasteiger partial charge in [-0.1, -0.05) is 37.5 Å². The largest absolute Gasteiger partial charge is 0.462 e. The Bertz CT molecular complexity index is 938. The lowest BCUT2D eigenvalue weighted by Crippen LogP contribution is -2.21. The summed E-state index contributed by atoms with van der Waals surface area (Å²) in [6, 6.07) is 13.5. The average molecular weight is 455 g/mol. The summed E-state index contributed by atoms with van der Waals surface area (Å²) < 4.78 is 10.1. The number of aryl methyl sites for hydroxylation is 1. The van der Waals surface area contributed by atoms with Crippen LogP contribution in [0.1, 0.15) is 54.9 Å². The molecule has 0 bridgehead atoms. The summed E-state index contributed by atoms with van der Waals surface area (Å²) >= 11 is 0. The Balaban J connectivity index is 1.66. The van der Waals surface area contributed by atoms with Crippen LogP contribution in [0.15, 0.2) is 48.5 Å². The molecule has 176 valence electrons. The van der Waals surface area contributed by atoms with Crippen molar-refractivity contribution in [2.24, 2.45) is 0 Å². The zero-order chi connectivity index (χ0) is 24.1. The predicted octanol–water partition coefficient (Wildman–Crippen LogP) is 4.24. The lowest BCUT2D eigenvalue weighted by molar-refractivity contribution is -0.147. The molecule has 0 aliphatic carbocycles. The molecule has 8 heteroatoms. The second-order valence-electron chi connectivity index (χ2n) is 7.54. The van der Waals surface area contributed by atoms with Crippen LogP contribution in [0.2, 0.25) is 0 Å². The Kier molecular flexibility index (Phi) is 10.6. The van der Waals surface area contributed by atoms with Gasteiger partial charge in [-0.3, -0.25) is 14.4 Å². The van der Waals surface area contributed by atoms with Gasteiger partial charge >= 0.3 is 11.9 Å². The summed E-state index contributed by atoms with van der Waals surface area (Å²) in [6.07, 6.45) is 2.63. The number of benzene rings is 2. The zero-order valence-electron chi connectivity index (χ0n) is 19.0. The third-order valence-corrected chi connectivity index (χ3v) is 4.64. The normalized spacial score (nSPS) is 10.2. The average Bonchev–Trinajstić information content (AvgIpc) is 2.81. The number of ether oxygens (including phenoxy) is 2. The molecule has 2 aromatic rings. The Morgan fingerprint density at radius 1 is 0.758 bits per heavy atom. The van der Waals surface area contributed by atoms with Gasteiger partial charge in [-0.05, 0) is 49.7 Å². The molecule has 0 fully saturated rings. The van der Waals surface area contributed by atoms with Gasteiger partial charge in [0.2, 0.25) is 5.91 Å². The number of carbonyl (C=O) groups excluding carboxylic acids is 4. The number of carbonyl (C=O) groups is 4. The topological polar surface area (TPSA) is 111 Å². The van der Waals surface area contributed by atoms with E-state index in [1.807, 2.05) is 19.1 Å². The second kappa shape index (κ2) is 13.7.